The third-order valence-electron chi connectivity index (χ3n) is 4.81. The number of para-hydroxylation sites is 2. The number of benzene rings is 2. The minimum atomic E-state index is -0.722. The Morgan fingerprint density at radius 2 is 1.81 bits per heavy atom. The molecule has 3 rings (SSSR count). The quantitative estimate of drug-likeness (QED) is 0.479. The van der Waals surface area contributed by atoms with E-state index in [4.69, 9.17) is 0 Å². The third-order valence-corrected chi connectivity index (χ3v) is 4.81. The van der Waals surface area contributed by atoms with Crippen molar-refractivity contribution in [3.8, 4) is 5.69 Å². The molecule has 31 heavy (non-hydrogen) atoms. The standard InChI is InChI=1S/C22H21FN4O4/c1-13(2)20(15-8-10-16(23)11-9-15)24-22(29)21-19(28)12-14(3)26(25-21)17-6-4-5-7-18(17)27(30)31/h4-13,20H,1-3H3,(H,24,29). The fourth-order valence-corrected chi connectivity index (χ4v) is 3.26. The van der Waals surface area contributed by atoms with E-state index in [0.29, 0.717) is 11.3 Å². The summed E-state index contributed by atoms with van der Waals surface area (Å²) in [6.07, 6.45) is 0. The van der Waals surface area contributed by atoms with Crippen LogP contribution in [-0.4, -0.2) is 20.6 Å². The van der Waals surface area contributed by atoms with E-state index >= 15 is 0 Å². The Hall–Kier alpha value is -3.88. The van der Waals surface area contributed by atoms with Crippen LogP contribution in [0.25, 0.3) is 5.69 Å². The molecule has 0 saturated heterocycles. The van der Waals surface area contributed by atoms with E-state index < -0.39 is 33.8 Å². The van der Waals surface area contributed by atoms with Crippen LogP contribution in [0, 0.1) is 28.8 Å². The molecule has 2 aromatic carbocycles. The molecular weight excluding hydrogens is 403 g/mol. The van der Waals surface area contributed by atoms with Crippen LogP contribution < -0.4 is 10.7 Å². The van der Waals surface area contributed by atoms with Gasteiger partial charge in [-0.2, -0.15) is 5.10 Å². The number of carbonyl (C=O) groups excluding carboxylic acids is 1. The van der Waals surface area contributed by atoms with Gasteiger partial charge in [0.1, 0.15) is 11.5 Å². The second kappa shape index (κ2) is 8.86. The van der Waals surface area contributed by atoms with Crippen molar-refractivity contribution < 1.29 is 14.1 Å². The molecular formula is C22H21FN4O4. The van der Waals surface area contributed by atoms with Gasteiger partial charge in [-0.25, -0.2) is 9.07 Å². The van der Waals surface area contributed by atoms with Crippen LogP contribution in [0.5, 0.6) is 0 Å². The number of amides is 1. The van der Waals surface area contributed by atoms with Crippen molar-refractivity contribution in [1.82, 2.24) is 15.1 Å². The predicted molar refractivity (Wildman–Crippen MR) is 113 cm³/mol. The number of nitro benzene ring substituents is 1. The fourth-order valence-electron chi connectivity index (χ4n) is 3.26. The van der Waals surface area contributed by atoms with E-state index in [1.165, 1.54) is 41.1 Å². The van der Waals surface area contributed by atoms with Gasteiger partial charge < -0.3 is 5.32 Å². The van der Waals surface area contributed by atoms with Crippen LogP contribution in [0.1, 0.15) is 41.6 Å². The van der Waals surface area contributed by atoms with Gasteiger partial charge in [-0.05, 0) is 36.6 Å². The average Bonchev–Trinajstić information content (AvgIpc) is 2.72. The first-order valence-electron chi connectivity index (χ1n) is 9.60. The summed E-state index contributed by atoms with van der Waals surface area (Å²) < 4.78 is 14.5. The van der Waals surface area contributed by atoms with Gasteiger partial charge in [0.05, 0.1) is 11.0 Å². The lowest BCUT2D eigenvalue weighted by Crippen LogP contribution is -2.36. The number of hydrogen-bond donors (Lipinski definition) is 1. The van der Waals surface area contributed by atoms with Gasteiger partial charge in [0, 0.05) is 17.8 Å². The highest BCUT2D eigenvalue weighted by Crippen LogP contribution is 2.24. The van der Waals surface area contributed by atoms with Gasteiger partial charge >= 0.3 is 0 Å². The average molecular weight is 424 g/mol. The maximum Gasteiger partial charge on any atom is 0.294 e. The largest absolute Gasteiger partial charge is 0.343 e. The molecule has 0 aliphatic rings. The third kappa shape index (κ3) is 4.66. The fraction of sp³-hybridized carbons (Fsp3) is 0.227. The number of halogens is 1. The maximum atomic E-state index is 13.3. The van der Waals surface area contributed by atoms with Gasteiger partial charge in [-0.15, -0.1) is 0 Å². The molecule has 9 heteroatoms. The molecule has 0 spiro atoms. The van der Waals surface area contributed by atoms with E-state index in [-0.39, 0.29) is 17.3 Å². The SMILES string of the molecule is Cc1cc(=O)c(C(=O)NC(c2ccc(F)cc2)C(C)C)nn1-c1ccccc1[N+](=O)[O-]. The molecule has 1 atom stereocenters. The molecule has 0 saturated carbocycles. The maximum absolute atomic E-state index is 13.3. The predicted octanol–water partition coefficient (Wildman–Crippen LogP) is 3.72. The Bertz CT molecular complexity index is 1190. The molecule has 0 aliphatic heterocycles. The van der Waals surface area contributed by atoms with Gasteiger partial charge in [-0.3, -0.25) is 19.7 Å². The topological polar surface area (TPSA) is 107 Å². The first kappa shape index (κ1) is 21.8. The van der Waals surface area contributed by atoms with E-state index in [2.05, 4.69) is 10.4 Å². The minimum absolute atomic E-state index is 0.0581. The number of hydrogen-bond acceptors (Lipinski definition) is 5. The number of nitrogens with one attached hydrogen (secondary N) is 1. The normalized spacial score (nSPS) is 11.9. The van der Waals surface area contributed by atoms with Crippen LogP contribution in [-0.2, 0) is 0 Å². The zero-order chi connectivity index (χ0) is 22.7. The molecule has 0 radical (unpaired) electrons. The highest BCUT2D eigenvalue weighted by atomic mass is 19.1. The van der Waals surface area contributed by atoms with Gasteiger partial charge in [-0.1, -0.05) is 38.1 Å². The van der Waals surface area contributed by atoms with Gasteiger partial charge in [0.15, 0.2) is 5.69 Å². The van der Waals surface area contributed by atoms with Crippen molar-refractivity contribution in [2.24, 2.45) is 5.92 Å². The molecule has 1 unspecified atom stereocenters. The highest BCUT2D eigenvalue weighted by molar-refractivity contribution is 5.92. The molecule has 160 valence electrons. The highest BCUT2D eigenvalue weighted by Gasteiger charge is 2.24. The lowest BCUT2D eigenvalue weighted by molar-refractivity contribution is -0.384. The van der Waals surface area contributed by atoms with Gasteiger partial charge in [0.25, 0.3) is 11.6 Å². The number of nitrogens with zero attached hydrogens (tertiary/aromatic N) is 3. The Labute approximate surface area is 177 Å². The van der Waals surface area contributed by atoms with Crippen molar-refractivity contribution in [1.29, 1.82) is 0 Å². The van der Waals surface area contributed by atoms with Crippen molar-refractivity contribution in [3.63, 3.8) is 0 Å². The second-order valence-electron chi connectivity index (χ2n) is 7.40. The van der Waals surface area contributed by atoms with Gasteiger partial charge in [0.2, 0.25) is 5.43 Å². The molecule has 0 aliphatic carbocycles. The lowest BCUT2D eigenvalue weighted by atomic mass is 9.96. The van der Waals surface area contributed by atoms with Crippen LogP contribution in [0.15, 0.2) is 59.4 Å². The van der Waals surface area contributed by atoms with E-state index in [9.17, 15) is 24.1 Å². The van der Waals surface area contributed by atoms with Crippen LogP contribution in [0.2, 0.25) is 0 Å². The first-order valence-corrected chi connectivity index (χ1v) is 9.60. The monoisotopic (exact) mass is 424 g/mol. The molecule has 0 bridgehead atoms. The number of aromatic nitrogens is 2. The Balaban J connectivity index is 2.02. The van der Waals surface area contributed by atoms with Crippen molar-refractivity contribution >= 4 is 11.6 Å². The minimum Gasteiger partial charge on any atom is -0.343 e. The lowest BCUT2D eigenvalue weighted by Gasteiger charge is -2.23. The number of carbonyl (C=O) groups is 1. The molecule has 1 aromatic heterocycles. The summed E-state index contributed by atoms with van der Waals surface area (Å²) in [7, 11) is 0. The van der Waals surface area contributed by atoms with Crippen molar-refractivity contribution in [3.05, 3.63) is 97.7 Å². The summed E-state index contributed by atoms with van der Waals surface area (Å²) in [5.41, 5.74) is -0.0499. The Kier molecular flexibility index (Phi) is 6.24. The molecule has 1 amide bonds. The van der Waals surface area contributed by atoms with Crippen LogP contribution >= 0.6 is 0 Å². The second-order valence-corrected chi connectivity index (χ2v) is 7.40. The summed E-state index contributed by atoms with van der Waals surface area (Å²) in [6.45, 7) is 5.33. The number of nitro groups is 1. The molecule has 8 nitrogen and oxygen atoms in total. The zero-order valence-corrected chi connectivity index (χ0v) is 17.2. The Morgan fingerprint density at radius 3 is 2.42 bits per heavy atom. The summed E-state index contributed by atoms with van der Waals surface area (Å²) in [5.74, 6) is -1.18. The summed E-state index contributed by atoms with van der Waals surface area (Å²) in [5, 5.41) is 18.3. The number of rotatable bonds is 6. The molecule has 1 heterocycles. The molecule has 0 fully saturated rings. The zero-order valence-electron chi connectivity index (χ0n) is 17.2. The van der Waals surface area contributed by atoms with Crippen LogP contribution in [0.4, 0.5) is 10.1 Å². The molecule has 1 N–H and O–H groups in total. The summed E-state index contributed by atoms with van der Waals surface area (Å²) in [6, 6.07) is 12.4. The van der Waals surface area contributed by atoms with Crippen LogP contribution in [0.3, 0.4) is 0 Å². The summed E-state index contributed by atoms with van der Waals surface area (Å²) >= 11 is 0. The van der Waals surface area contributed by atoms with Crippen molar-refractivity contribution in [2.75, 3.05) is 0 Å². The van der Waals surface area contributed by atoms with E-state index in [0.717, 1.165) is 0 Å². The van der Waals surface area contributed by atoms with Crippen molar-refractivity contribution in [2.45, 2.75) is 26.8 Å². The number of aryl methyl sites for hydroxylation is 1. The van der Waals surface area contributed by atoms with E-state index in [1.54, 1.807) is 25.1 Å². The first-order chi connectivity index (χ1) is 14.7. The summed E-state index contributed by atoms with van der Waals surface area (Å²) in [4.78, 5) is 36.3. The molecule has 3 aromatic rings. The van der Waals surface area contributed by atoms with E-state index in [1.807, 2.05) is 13.8 Å². The Morgan fingerprint density at radius 1 is 1.16 bits per heavy atom. The smallest absolute Gasteiger partial charge is 0.294 e.